The Kier molecular flexibility index (Phi) is 6.19. The van der Waals surface area contributed by atoms with Crippen molar-refractivity contribution in [1.82, 2.24) is 14.7 Å². The predicted molar refractivity (Wildman–Crippen MR) is 128 cm³/mol. The van der Waals surface area contributed by atoms with Gasteiger partial charge >= 0.3 is 0 Å². The van der Waals surface area contributed by atoms with Gasteiger partial charge in [-0.3, -0.25) is 4.90 Å². The first-order valence-electron chi connectivity index (χ1n) is 12.7. The van der Waals surface area contributed by atoms with E-state index in [0.29, 0.717) is 32.5 Å². The number of aliphatic hydroxyl groups is 2. The van der Waals surface area contributed by atoms with Gasteiger partial charge in [0.15, 0.2) is 17.8 Å². The molecule has 0 radical (unpaired) electrons. The molecule has 3 aromatic rings. The molecule has 0 bridgehead atoms. The highest BCUT2D eigenvalue weighted by molar-refractivity contribution is 5.79. The molecule has 7 nitrogen and oxygen atoms in total. The van der Waals surface area contributed by atoms with Gasteiger partial charge in [0, 0.05) is 50.0 Å². The molecule has 2 aromatic carbocycles. The number of aromatic nitrogens is 2. The maximum Gasteiger partial charge on any atom is 0.167 e. The second kappa shape index (κ2) is 9.37. The number of likely N-dealkylation sites (tertiary alicyclic amines) is 1. The van der Waals surface area contributed by atoms with Crippen molar-refractivity contribution in [3.05, 3.63) is 59.8 Å². The van der Waals surface area contributed by atoms with Crippen molar-refractivity contribution < 1.29 is 28.5 Å². The Balaban J connectivity index is 1.07. The smallest absolute Gasteiger partial charge is 0.167 e. The molecular formula is C27H31F2N3O4. The highest BCUT2D eigenvalue weighted by atomic mass is 19.1. The average molecular weight is 500 g/mol. The van der Waals surface area contributed by atoms with E-state index in [4.69, 9.17) is 9.47 Å². The highest BCUT2D eigenvalue weighted by Crippen LogP contribution is 2.43. The summed E-state index contributed by atoms with van der Waals surface area (Å²) >= 11 is 0. The third-order valence-corrected chi connectivity index (χ3v) is 7.92. The van der Waals surface area contributed by atoms with E-state index in [0.717, 1.165) is 54.5 Å². The number of ether oxygens (including phenoxy) is 2. The van der Waals surface area contributed by atoms with Gasteiger partial charge in [-0.2, -0.15) is 5.10 Å². The highest BCUT2D eigenvalue weighted by Gasteiger charge is 2.53. The van der Waals surface area contributed by atoms with Crippen LogP contribution in [0.25, 0.3) is 10.9 Å². The molecule has 2 N–H and O–H groups in total. The molecule has 0 amide bonds. The van der Waals surface area contributed by atoms with Gasteiger partial charge in [0.05, 0.1) is 23.4 Å². The van der Waals surface area contributed by atoms with Crippen LogP contribution in [0.1, 0.15) is 50.0 Å². The summed E-state index contributed by atoms with van der Waals surface area (Å²) in [4.78, 5) is 2.08. The molecule has 2 unspecified atom stereocenters. The van der Waals surface area contributed by atoms with E-state index in [1.165, 1.54) is 6.07 Å². The zero-order valence-electron chi connectivity index (χ0n) is 20.0. The molecule has 1 aliphatic carbocycles. The zero-order valence-corrected chi connectivity index (χ0v) is 20.0. The average Bonchev–Trinajstić information content (AvgIpc) is 3.50. The van der Waals surface area contributed by atoms with Gasteiger partial charge < -0.3 is 19.7 Å². The molecule has 1 saturated carbocycles. The van der Waals surface area contributed by atoms with Crippen molar-refractivity contribution in [3.8, 4) is 5.75 Å². The second-order valence-corrected chi connectivity index (χ2v) is 10.5. The lowest BCUT2D eigenvalue weighted by Gasteiger charge is -2.25. The fourth-order valence-corrected chi connectivity index (χ4v) is 6.14. The van der Waals surface area contributed by atoms with Gasteiger partial charge in [-0.25, -0.2) is 13.5 Å². The molecule has 192 valence electrons. The molecule has 0 spiro atoms. The first-order valence-corrected chi connectivity index (χ1v) is 12.7. The zero-order chi connectivity index (χ0) is 24.9. The minimum absolute atomic E-state index is 0.00557. The lowest BCUT2D eigenvalue weighted by atomic mass is 9.95. The molecule has 3 heterocycles. The number of aliphatic hydroxyl groups excluding tert-OH is 1. The molecular weight excluding hydrogens is 468 g/mol. The molecule has 9 heteroatoms. The number of hydrogen-bond donors (Lipinski definition) is 2. The van der Waals surface area contributed by atoms with Crippen LogP contribution in [-0.4, -0.2) is 62.8 Å². The Bertz CT molecular complexity index is 1250. The van der Waals surface area contributed by atoms with Crippen LogP contribution >= 0.6 is 0 Å². The van der Waals surface area contributed by atoms with Crippen molar-refractivity contribution in [2.45, 2.75) is 56.1 Å². The van der Waals surface area contributed by atoms with Crippen LogP contribution in [0.5, 0.6) is 5.75 Å². The van der Waals surface area contributed by atoms with Crippen LogP contribution in [-0.2, 0) is 4.74 Å². The number of nitrogens with zero attached hydrogens (tertiary/aromatic N) is 3. The maximum atomic E-state index is 14.0. The number of rotatable bonds is 6. The summed E-state index contributed by atoms with van der Waals surface area (Å²) in [7, 11) is 0. The van der Waals surface area contributed by atoms with Crippen molar-refractivity contribution in [2.75, 3.05) is 26.2 Å². The summed E-state index contributed by atoms with van der Waals surface area (Å²) in [6, 6.07) is 9.14. The number of halogens is 2. The Hall–Kier alpha value is -2.59. The van der Waals surface area contributed by atoms with Gasteiger partial charge in [0.1, 0.15) is 11.9 Å². The van der Waals surface area contributed by atoms with E-state index >= 15 is 0 Å². The summed E-state index contributed by atoms with van der Waals surface area (Å²) in [5.74, 6) is -1.42. The van der Waals surface area contributed by atoms with E-state index in [9.17, 15) is 19.0 Å². The summed E-state index contributed by atoms with van der Waals surface area (Å²) < 4.78 is 40.7. The van der Waals surface area contributed by atoms with Crippen molar-refractivity contribution >= 4 is 10.9 Å². The standard InChI is InChI=1S/C27H31F2N3O4/c28-20-5-7-25(22(29)11-20)36-21-10-19-14-31(16-27(19,34)12-21)15-24(33)17-4-6-23-18(9-17)13-30-32(23)26-3-1-2-8-35-26/h4-7,9,11,13,19,21,24,26,33-34H,1-3,8,10,12,14-16H2/t19-,21+,24?,26?,27-/m1/s1. The van der Waals surface area contributed by atoms with Crippen LogP contribution in [0, 0.1) is 17.6 Å². The van der Waals surface area contributed by atoms with Gasteiger partial charge in [0.2, 0.25) is 0 Å². The number of β-amino-alcohol motifs (C(OH)–C–C–N with tert-alkyl or cyclic N) is 2. The first-order chi connectivity index (χ1) is 17.4. The fraction of sp³-hybridized carbons (Fsp3) is 0.519. The van der Waals surface area contributed by atoms with Crippen LogP contribution in [0.3, 0.4) is 0 Å². The van der Waals surface area contributed by atoms with E-state index in [1.54, 1.807) is 0 Å². The van der Waals surface area contributed by atoms with Gasteiger partial charge in [-0.05, 0) is 55.5 Å². The Morgan fingerprint density at radius 1 is 1.19 bits per heavy atom. The Morgan fingerprint density at radius 2 is 2.08 bits per heavy atom. The quantitative estimate of drug-likeness (QED) is 0.535. The second-order valence-electron chi connectivity index (χ2n) is 10.5. The molecule has 2 saturated heterocycles. The molecule has 3 fully saturated rings. The van der Waals surface area contributed by atoms with Crippen molar-refractivity contribution in [1.29, 1.82) is 0 Å². The number of hydrogen-bond acceptors (Lipinski definition) is 6. The Labute approximate surface area is 208 Å². The van der Waals surface area contributed by atoms with E-state index in [2.05, 4.69) is 10.00 Å². The number of fused-ring (bicyclic) bond motifs is 2. The first kappa shape index (κ1) is 23.8. The monoisotopic (exact) mass is 499 g/mol. The Morgan fingerprint density at radius 3 is 2.86 bits per heavy atom. The minimum Gasteiger partial charge on any atom is -0.487 e. The summed E-state index contributed by atoms with van der Waals surface area (Å²) in [5.41, 5.74) is 0.849. The number of benzene rings is 2. The van der Waals surface area contributed by atoms with Gasteiger partial charge in [-0.15, -0.1) is 0 Å². The van der Waals surface area contributed by atoms with Crippen LogP contribution in [0.4, 0.5) is 8.78 Å². The van der Waals surface area contributed by atoms with Crippen molar-refractivity contribution in [2.24, 2.45) is 5.92 Å². The molecule has 1 aromatic heterocycles. The predicted octanol–water partition coefficient (Wildman–Crippen LogP) is 3.95. The van der Waals surface area contributed by atoms with Crippen LogP contribution in [0.15, 0.2) is 42.6 Å². The van der Waals surface area contributed by atoms with E-state index in [1.807, 2.05) is 29.1 Å². The maximum absolute atomic E-state index is 14.0. The molecule has 2 aliphatic heterocycles. The molecule has 5 atom stereocenters. The minimum atomic E-state index is -0.952. The van der Waals surface area contributed by atoms with Crippen molar-refractivity contribution in [3.63, 3.8) is 0 Å². The summed E-state index contributed by atoms with van der Waals surface area (Å²) in [6.07, 6.45) is 4.85. The topological polar surface area (TPSA) is 80.0 Å². The van der Waals surface area contributed by atoms with E-state index in [-0.39, 0.29) is 24.0 Å². The molecule has 3 aliphatic rings. The lowest BCUT2D eigenvalue weighted by Crippen LogP contribution is -2.36. The van der Waals surface area contributed by atoms with Gasteiger partial charge in [0.25, 0.3) is 0 Å². The fourth-order valence-electron chi connectivity index (χ4n) is 6.14. The largest absolute Gasteiger partial charge is 0.487 e. The third kappa shape index (κ3) is 4.49. The molecule has 36 heavy (non-hydrogen) atoms. The van der Waals surface area contributed by atoms with Crippen LogP contribution in [0.2, 0.25) is 0 Å². The molecule has 6 rings (SSSR count). The van der Waals surface area contributed by atoms with E-state index < -0.39 is 23.3 Å². The SMILES string of the molecule is OC(CN1C[C@H]2C[C@H](Oc3ccc(F)cc3F)C[C@@]2(O)C1)c1ccc2c(cnn2C2CCCCO2)c1. The lowest BCUT2D eigenvalue weighted by molar-refractivity contribution is -0.0366. The van der Waals surface area contributed by atoms with Crippen LogP contribution < -0.4 is 4.74 Å². The summed E-state index contributed by atoms with van der Waals surface area (Å²) in [6.45, 7) is 2.20. The van der Waals surface area contributed by atoms with Gasteiger partial charge in [-0.1, -0.05) is 6.07 Å². The normalized spacial score (nSPS) is 29.5. The third-order valence-electron chi connectivity index (χ3n) is 7.92. The summed E-state index contributed by atoms with van der Waals surface area (Å²) in [5, 5.41) is 27.7.